The highest BCUT2D eigenvalue weighted by Crippen LogP contribution is 2.36. The van der Waals surface area contributed by atoms with E-state index in [1.165, 1.54) is 18.2 Å². The number of hydrogen-bond donors (Lipinski definition) is 1. The molecule has 0 amide bonds. The zero-order chi connectivity index (χ0) is 19.3. The van der Waals surface area contributed by atoms with E-state index >= 15 is 0 Å². The highest BCUT2D eigenvalue weighted by atomic mass is 16.6. The van der Waals surface area contributed by atoms with E-state index in [-0.39, 0.29) is 5.92 Å². The van der Waals surface area contributed by atoms with Crippen LogP contribution in [-0.4, -0.2) is 33.8 Å². The summed E-state index contributed by atoms with van der Waals surface area (Å²) in [7, 11) is 0. The summed E-state index contributed by atoms with van der Waals surface area (Å²) in [6, 6.07) is 0. The lowest BCUT2D eigenvalue weighted by molar-refractivity contribution is -0.149. The summed E-state index contributed by atoms with van der Waals surface area (Å²) in [5.41, 5.74) is -2.29. The lowest BCUT2D eigenvalue weighted by atomic mass is 9.75. The van der Waals surface area contributed by atoms with Gasteiger partial charge in [0.15, 0.2) is 0 Å². The monoisotopic (exact) mass is 352 g/mol. The predicted molar refractivity (Wildman–Crippen MR) is 96.9 cm³/mol. The van der Waals surface area contributed by atoms with E-state index in [4.69, 9.17) is 9.47 Å². The largest absolute Gasteiger partial charge is 0.457 e. The number of carbonyl (C=O) groups is 2. The third kappa shape index (κ3) is 8.34. The van der Waals surface area contributed by atoms with E-state index < -0.39 is 28.7 Å². The second-order valence-electron chi connectivity index (χ2n) is 8.60. The Hall–Kier alpha value is -1.62. The number of hydrogen-bond acceptors (Lipinski definition) is 5. The van der Waals surface area contributed by atoms with Gasteiger partial charge >= 0.3 is 11.9 Å². The normalized spacial score (nSPS) is 25.3. The Morgan fingerprint density at radius 1 is 0.960 bits per heavy atom. The van der Waals surface area contributed by atoms with Crippen LogP contribution in [0.3, 0.4) is 0 Å². The van der Waals surface area contributed by atoms with Gasteiger partial charge in [0.1, 0.15) is 11.2 Å². The molecule has 0 unspecified atom stereocenters. The van der Waals surface area contributed by atoms with Crippen LogP contribution >= 0.6 is 0 Å². The Morgan fingerprint density at radius 2 is 1.48 bits per heavy atom. The smallest absolute Gasteiger partial charge is 0.331 e. The molecule has 0 aliphatic heterocycles. The van der Waals surface area contributed by atoms with Crippen molar-refractivity contribution >= 4 is 11.9 Å². The molecule has 1 N–H and O–H groups in total. The van der Waals surface area contributed by atoms with E-state index in [0.717, 1.165) is 19.3 Å². The van der Waals surface area contributed by atoms with Gasteiger partial charge in [-0.15, -0.1) is 0 Å². The van der Waals surface area contributed by atoms with Crippen LogP contribution in [0.4, 0.5) is 0 Å². The zero-order valence-electron chi connectivity index (χ0n) is 16.3. The quantitative estimate of drug-likeness (QED) is 0.617. The van der Waals surface area contributed by atoms with Crippen LogP contribution in [0.5, 0.6) is 0 Å². The molecule has 0 heterocycles. The fourth-order valence-corrected chi connectivity index (χ4v) is 2.76. The zero-order valence-corrected chi connectivity index (χ0v) is 16.3. The van der Waals surface area contributed by atoms with Crippen molar-refractivity contribution in [2.24, 2.45) is 5.92 Å². The Labute approximate surface area is 151 Å². The molecule has 5 heteroatoms. The molecule has 1 rings (SSSR count). The van der Waals surface area contributed by atoms with Crippen molar-refractivity contribution in [2.45, 2.75) is 84.0 Å². The molecule has 0 radical (unpaired) electrons. The molecular weight excluding hydrogens is 320 g/mol. The molecule has 0 aromatic rings. The summed E-state index contributed by atoms with van der Waals surface area (Å²) < 4.78 is 10.5. The maximum Gasteiger partial charge on any atom is 0.331 e. The van der Waals surface area contributed by atoms with Gasteiger partial charge in [-0.05, 0) is 60.5 Å². The Kier molecular flexibility index (Phi) is 7.00. The number of esters is 2. The van der Waals surface area contributed by atoms with Gasteiger partial charge < -0.3 is 14.6 Å². The van der Waals surface area contributed by atoms with E-state index in [2.05, 4.69) is 0 Å². The number of rotatable bonds is 4. The third-order valence-electron chi connectivity index (χ3n) is 3.77. The van der Waals surface area contributed by atoms with E-state index in [1.807, 2.05) is 0 Å². The number of carbonyl (C=O) groups excluding carboxylic acids is 2. The van der Waals surface area contributed by atoms with E-state index in [1.54, 1.807) is 47.6 Å². The van der Waals surface area contributed by atoms with Gasteiger partial charge in [0.05, 0.1) is 5.60 Å². The maximum atomic E-state index is 11.9. The summed E-state index contributed by atoms with van der Waals surface area (Å²) in [5, 5.41) is 10.9. The lowest BCUT2D eigenvalue weighted by Gasteiger charge is -2.36. The Balaban J connectivity index is 2.80. The molecule has 5 nitrogen and oxygen atoms in total. The van der Waals surface area contributed by atoms with Crippen molar-refractivity contribution in [1.29, 1.82) is 0 Å². The fraction of sp³-hybridized carbons (Fsp3) is 0.700. The van der Waals surface area contributed by atoms with Crippen LogP contribution in [0, 0.1) is 5.92 Å². The molecule has 1 aliphatic carbocycles. The number of aliphatic hydroxyl groups is 1. The lowest BCUT2D eigenvalue weighted by Crippen LogP contribution is -2.38. The molecule has 1 aliphatic rings. The standard InChI is InChI=1S/C20H32O5/c1-18(2,3)24-16(21)11-10-15-9-7-8-13-20(15,23)14-12-17(22)25-19(4,5)6/h10-12,14-15,23H,7-9,13H2,1-6H3/b11-10+,14-12+/t15-,20+/m1/s1. The van der Waals surface area contributed by atoms with Crippen molar-refractivity contribution in [1.82, 2.24) is 0 Å². The Morgan fingerprint density at radius 3 is 2.00 bits per heavy atom. The second kappa shape index (κ2) is 8.17. The second-order valence-corrected chi connectivity index (χ2v) is 8.60. The highest BCUT2D eigenvalue weighted by molar-refractivity contribution is 5.83. The molecule has 25 heavy (non-hydrogen) atoms. The third-order valence-corrected chi connectivity index (χ3v) is 3.77. The van der Waals surface area contributed by atoms with Crippen LogP contribution < -0.4 is 0 Å². The first-order chi connectivity index (χ1) is 11.3. The molecule has 0 aromatic heterocycles. The van der Waals surface area contributed by atoms with Gasteiger partial charge in [-0.3, -0.25) is 0 Å². The first kappa shape index (κ1) is 21.4. The van der Waals surface area contributed by atoms with E-state index in [0.29, 0.717) is 6.42 Å². The van der Waals surface area contributed by atoms with Crippen LogP contribution in [0.1, 0.15) is 67.2 Å². The fourth-order valence-electron chi connectivity index (χ4n) is 2.76. The number of ether oxygens (including phenoxy) is 2. The summed E-state index contributed by atoms with van der Waals surface area (Å²) in [6.45, 7) is 10.8. The van der Waals surface area contributed by atoms with E-state index in [9.17, 15) is 14.7 Å². The highest BCUT2D eigenvalue weighted by Gasteiger charge is 2.35. The van der Waals surface area contributed by atoms with Gasteiger partial charge in [-0.1, -0.05) is 18.9 Å². The van der Waals surface area contributed by atoms with Gasteiger partial charge in [0.25, 0.3) is 0 Å². The maximum absolute atomic E-state index is 11.9. The van der Waals surface area contributed by atoms with Crippen molar-refractivity contribution in [2.75, 3.05) is 0 Å². The summed E-state index contributed by atoms with van der Waals surface area (Å²) >= 11 is 0. The molecule has 1 fully saturated rings. The van der Waals surface area contributed by atoms with Crippen LogP contribution in [0.15, 0.2) is 24.3 Å². The molecule has 0 aromatic carbocycles. The molecular formula is C20H32O5. The van der Waals surface area contributed by atoms with Gasteiger partial charge in [0.2, 0.25) is 0 Å². The van der Waals surface area contributed by atoms with Crippen molar-refractivity contribution in [3.05, 3.63) is 24.3 Å². The van der Waals surface area contributed by atoms with Crippen molar-refractivity contribution in [3.63, 3.8) is 0 Å². The summed E-state index contributed by atoms with van der Waals surface area (Å²) in [6.07, 6.45) is 8.96. The minimum Gasteiger partial charge on any atom is -0.457 e. The minimum atomic E-state index is -1.16. The first-order valence-corrected chi connectivity index (χ1v) is 8.86. The first-order valence-electron chi connectivity index (χ1n) is 8.86. The SMILES string of the molecule is CC(C)(C)OC(=O)/C=C/[C@H]1CCCC[C@]1(O)/C=C/C(=O)OC(C)(C)C. The van der Waals surface area contributed by atoms with Gasteiger partial charge in [-0.25, -0.2) is 9.59 Å². The Bertz CT molecular complexity index is 533. The molecule has 0 bridgehead atoms. The topological polar surface area (TPSA) is 72.8 Å². The van der Waals surface area contributed by atoms with Crippen molar-refractivity contribution < 1.29 is 24.2 Å². The van der Waals surface area contributed by atoms with Crippen molar-refractivity contribution in [3.8, 4) is 0 Å². The molecule has 2 atom stereocenters. The molecule has 0 spiro atoms. The van der Waals surface area contributed by atoms with Crippen LogP contribution in [0.2, 0.25) is 0 Å². The summed E-state index contributed by atoms with van der Waals surface area (Å²) in [4.78, 5) is 23.7. The molecule has 0 saturated heterocycles. The average Bonchev–Trinajstić information content (AvgIpc) is 2.41. The summed E-state index contributed by atoms with van der Waals surface area (Å²) in [5.74, 6) is -1.16. The van der Waals surface area contributed by atoms with Gasteiger partial charge in [0, 0.05) is 18.1 Å². The van der Waals surface area contributed by atoms with Gasteiger partial charge in [-0.2, -0.15) is 0 Å². The van der Waals surface area contributed by atoms with Crippen LogP contribution in [-0.2, 0) is 19.1 Å². The van der Waals surface area contributed by atoms with Crippen LogP contribution in [0.25, 0.3) is 0 Å². The molecule has 1 saturated carbocycles. The molecule has 142 valence electrons. The predicted octanol–water partition coefficient (Wildman–Crippen LogP) is 3.70. The average molecular weight is 352 g/mol. The minimum absolute atomic E-state index is 0.243.